The highest BCUT2D eigenvalue weighted by Gasteiger charge is 2.46. The lowest BCUT2D eigenvalue weighted by atomic mass is 9.91. The van der Waals surface area contributed by atoms with E-state index in [-0.39, 0.29) is 25.1 Å². The summed E-state index contributed by atoms with van der Waals surface area (Å²) in [7, 11) is 1.48. The monoisotopic (exact) mass is 485 g/mol. The van der Waals surface area contributed by atoms with Crippen LogP contribution in [0.2, 0.25) is 0 Å². The van der Waals surface area contributed by atoms with Gasteiger partial charge >= 0.3 is 0 Å². The van der Waals surface area contributed by atoms with Crippen LogP contribution in [-0.2, 0) is 17.6 Å². The van der Waals surface area contributed by atoms with Gasteiger partial charge in [-0.05, 0) is 37.8 Å². The Balaban J connectivity index is 1.27. The van der Waals surface area contributed by atoms with Crippen LogP contribution in [-0.4, -0.2) is 65.4 Å². The highest BCUT2D eigenvalue weighted by Crippen LogP contribution is 2.32. The van der Waals surface area contributed by atoms with Crippen molar-refractivity contribution < 1.29 is 13.9 Å². The zero-order valence-electron chi connectivity index (χ0n) is 19.2. The number of aromatic nitrogens is 3. The molecular formula is C23H28FN7O2S. The number of pyridine rings is 1. The molecule has 0 aromatic carbocycles. The van der Waals surface area contributed by atoms with Gasteiger partial charge in [-0.25, -0.2) is 19.3 Å². The van der Waals surface area contributed by atoms with Gasteiger partial charge in [-0.15, -0.1) is 11.3 Å². The van der Waals surface area contributed by atoms with Gasteiger partial charge in [-0.3, -0.25) is 4.79 Å². The third-order valence-corrected chi connectivity index (χ3v) is 7.68. The molecular weight excluding hydrogens is 457 g/mol. The summed E-state index contributed by atoms with van der Waals surface area (Å²) in [5.41, 5.74) is 14.4. The molecule has 3 atom stereocenters. The lowest BCUT2D eigenvalue weighted by Gasteiger charge is -2.27. The molecule has 1 aliphatic carbocycles. The highest BCUT2D eigenvalue weighted by atomic mass is 32.1. The van der Waals surface area contributed by atoms with E-state index in [1.807, 2.05) is 24.0 Å². The van der Waals surface area contributed by atoms with Gasteiger partial charge in [0.05, 0.1) is 30.6 Å². The number of anilines is 2. The Labute approximate surface area is 200 Å². The first-order valence-electron chi connectivity index (χ1n) is 11.3. The second-order valence-electron chi connectivity index (χ2n) is 9.15. The van der Waals surface area contributed by atoms with Crippen LogP contribution in [0.15, 0.2) is 18.3 Å². The minimum atomic E-state index is -1.58. The summed E-state index contributed by atoms with van der Waals surface area (Å²) in [4.78, 5) is 29.5. The number of nitrogen functional groups attached to an aromatic ring is 1. The average Bonchev–Trinajstić information content (AvgIpc) is 3.29. The van der Waals surface area contributed by atoms with Crippen LogP contribution in [0.4, 0.5) is 15.9 Å². The second-order valence-corrected chi connectivity index (χ2v) is 10.2. The molecule has 0 radical (unpaired) electrons. The SMILES string of the molecule is COCC1(F)CN(c2ccc3c(n2)CCC(NC(=O)c2sc4nc(C)cnc4c2N)C3)CC1N. The lowest BCUT2D eigenvalue weighted by molar-refractivity contribution is 0.0461. The summed E-state index contributed by atoms with van der Waals surface area (Å²) in [6.45, 7) is 2.37. The molecule has 0 saturated carbocycles. The molecule has 2 aliphatic rings. The number of fused-ring (bicyclic) bond motifs is 2. The first-order chi connectivity index (χ1) is 16.3. The highest BCUT2D eigenvalue weighted by molar-refractivity contribution is 7.21. The molecule has 34 heavy (non-hydrogen) atoms. The third-order valence-electron chi connectivity index (χ3n) is 6.59. The second kappa shape index (κ2) is 8.71. The summed E-state index contributed by atoms with van der Waals surface area (Å²) in [6.07, 6.45) is 3.79. The molecule has 1 amide bonds. The Bertz CT molecular complexity index is 1250. The number of nitrogens with one attached hydrogen (secondary N) is 1. The maximum atomic E-state index is 15.0. The van der Waals surface area contributed by atoms with Gasteiger partial charge in [0, 0.05) is 31.6 Å². The fourth-order valence-corrected chi connectivity index (χ4v) is 5.76. The number of carbonyl (C=O) groups is 1. The van der Waals surface area contributed by atoms with Crippen molar-refractivity contribution >= 4 is 39.1 Å². The molecule has 5 N–H and O–H groups in total. The Morgan fingerprint density at radius 3 is 3.03 bits per heavy atom. The van der Waals surface area contributed by atoms with Crippen LogP contribution < -0.4 is 21.7 Å². The van der Waals surface area contributed by atoms with Gasteiger partial charge < -0.3 is 26.4 Å². The predicted octanol–water partition coefficient (Wildman–Crippen LogP) is 1.77. The first-order valence-corrected chi connectivity index (χ1v) is 12.1. The predicted molar refractivity (Wildman–Crippen MR) is 130 cm³/mol. The van der Waals surface area contributed by atoms with Crippen molar-refractivity contribution in [1.29, 1.82) is 0 Å². The molecule has 1 fully saturated rings. The van der Waals surface area contributed by atoms with Crippen molar-refractivity contribution in [2.75, 3.05) is 37.4 Å². The van der Waals surface area contributed by atoms with Crippen LogP contribution in [0.25, 0.3) is 10.3 Å². The number of aryl methyl sites for hydroxylation is 2. The lowest BCUT2D eigenvalue weighted by Crippen LogP contribution is -2.46. The molecule has 1 aliphatic heterocycles. The van der Waals surface area contributed by atoms with Gasteiger partial charge in [-0.2, -0.15) is 0 Å². The first kappa shape index (κ1) is 22.9. The van der Waals surface area contributed by atoms with Gasteiger partial charge in [-0.1, -0.05) is 6.07 Å². The number of hydrogen-bond acceptors (Lipinski definition) is 9. The Hall–Kier alpha value is -2.89. The Morgan fingerprint density at radius 2 is 2.24 bits per heavy atom. The van der Waals surface area contributed by atoms with E-state index in [9.17, 15) is 4.79 Å². The summed E-state index contributed by atoms with van der Waals surface area (Å²) in [6, 6.07) is 3.26. The van der Waals surface area contributed by atoms with Crippen molar-refractivity contribution in [3.63, 3.8) is 0 Å². The van der Waals surface area contributed by atoms with Crippen molar-refractivity contribution in [3.05, 3.63) is 40.2 Å². The minimum absolute atomic E-state index is 0.0275. The number of alkyl halides is 1. The van der Waals surface area contributed by atoms with Gasteiger partial charge in [0.25, 0.3) is 5.91 Å². The summed E-state index contributed by atoms with van der Waals surface area (Å²) in [5, 5.41) is 3.11. The van der Waals surface area contributed by atoms with Crippen LogP contribution in [0.5, 0.6) is 0 Å². The molecule has 3 aromatic rings. The summed E-state index contributed by atoms with van der Waals surface area (Å²) < 4.78 is 20.1. The van der Waals surface area contributed by atoms with Crippen molar-refractivity contribution in [2.24, 2.45) is 5.73 Å². The number of rotatable bonds is 5. The molecule has 0 bridgehead atoms. The standard InChI is InChI=1S/C23H28FN7O2S/c1-12-8-27-19-18(26)20(34-22(19)28-12)21(32)29-14-4-5-15-13(7-14)3-6-17(30-15)31-9-16(25)23(24,10-31)11-33-2/h3,6,8,14,16H,4-5,7,9-11,25-26H2,1-2H3,(H,29,32). The Kier molecular flexibility index (Phi) is 5.86. The van der Waals surface area contributed by atoms with Crippen molar-refractivity contribution in [1.82, 2.24) is 20.3 Å². The molecule has 0 spiro atoms. The number of halogens is 1. The number of methoxy groups -OCH3 is 1. The van der Waals surface area contributed by atoms with Gasteiger partial charge in [0.1, 0.15) is 21.0 Å². The third kappa shape index (κ3) is 4.08. The zero-order chi connectivity index (χ0) is 24.0. The quantitative estimate of drug-likeness (QED) is 0.498. The fraction of sp³-hybridized carbons (Fsp3) is 0.478. The Morgan fingerprint density at radius 1 is 1.41 bits per heavy atom. The van der Waals surface area contributed by atoms with Crippen molar-refractivity contribution in [2.45, 2.75) is 43.9 Å². The van der Waals surface area contributed by atoms with Crippen LogP contribution in [0.3, 0.4) is 0 Å². The van der Waals surface area contributed by atoms with Crippen LogP contribution in [0, 0.1) is 6.92 Å². The van der Waals surface area contributed by atoms with Gasteiger partial charge in [0.2, 0.25) is 0 Å². The smallest absolute Gasteiger partial charge is 0.263 e. The fourth-order valence-electron chi connectivity index (χ4n) is 4.76. The molecule has 180 valence electrons. The maximum absolute atomic E-state index is 15.0. The van der Waals surface area contributed by atoms with E-state index >= 15 is 4.39 Å². The van der Waals surface area contributed by atoms with E-state index in [4.69, 9.17) is 21.2 Å². The number of ether oxygens (including phenoxy) is 1. The van der Waals surface area contributed by atoms with E-state index < -0.39 is 11.7 Å². The minimum Gasteiger partial charge on any atom is -0.396 e. The zero-order valence-corrected chi connectivity index (χ0v) is 20.0. The van der Waals surface area contributed by atoms with E-state index in [1.165, 1.54) is 18.4 Å². The molecule has 4 heterocycles. The summed E-state index contributed by atoms with van der Waals surface area (Å²) in [5.74, 6) is 0.516. The van der Waals surface area contributed by atoms with E-state index in [2.05, 4.69) is 15.3 Å². The van der Waals surface area contributed by atoms with Crippen LogP contribution >= 0.6 is 11.3 Å². The molecule has 3 aromatic heterocycles. The molecule has 1 saturated heterocycles. The largest absolute Gasteiger partial charge is 0.396 e. The van der Waals surface area contributed by atoms with Crippen molar-refractivity contribution in [3.8, 4) is 0 Å². The van der Waals surface area contributed by atoms with E-state index in [0.29, 0.717) is 33.9 Å². The molecule has 11 heteroatoms. The molecule has 5 rings (SSSR count). The average molecular weight is 486 g/mol. The summed E-state index contributed by atoms with van der Waals surface area (Å²) >= 11 is 1.26. The number of nitrogens with two attached hydrogens (primary N) is 2. The number of amides is 1. The number of nitrogens with zero attached hydrogens (tertiary/aromatic N) is 4. The van der Waals surface area contributed by atoms with E-state index in [1.54, 1.807) is 6.20 Å². The normalized spacial score (nSPS) is 24.4. The number of hydrogen-bond donors (Lipinski definition) is 3. The topological polar surface area (TPSA) is 132 Å². The molecule has 3 unspecified atom stereocenters. The van der Waals surface area contributed by atoms with Gasteiger partial charge in [0.15, 0.2) is 5.67 Å². The maximum Gasteiger partial charge on any atom is 0.263 e. The van der Waals surface area contributed by atoms with E-state index in [0.717, 1.165) is 35.6 Å². The number of carbonyl (C=O) groups excluding carboxylic acids is 1. The molecule has 9 nitrogen and oxygen atoms in total. The van der Waals surface area contributed by atoms with Crippen LogP contribution in [0.1, 0.15) is 33.0 Å². The number of thiophene rings is 1.